The molecule has 0 saturated carbocycles. The lowest BCUT2D eigenvalue weighted by atomic mass is 9.96. The molecule has 0 atom stereocenters. The molecule has 0 spiro atoms. The van der Waals surface area contributed by atoms with Crippen LogP contribution >= 0.6 is 24.0 Å². The number of likely N-dealkylation sites (tertiary alicyclic amines) is 1. The summed E-state index contributed by atoms with van der Waals surface area (Å²) in [5, 5.41) is 10.9. The Bertz CT molecular complexity index is 619. The minimum Gasteiger partial charge on any atom is -0.369 e. The Morgan fingerprint density at radius 1 is 1.24 bits per heavy atom. The van der Waals surface area contributed by atoms with Crippen molar-refractivity contribution in [2.45, 2.75) is 58.9 Å². The largest absolute Gasteiger partial charge is 0.369 e. The number of halogens is 1. The number of carbonyl (C=O) groups excluding carboxylic acids is 1. The molecule has 166 valence electrons. The average Bonchev–Trinajstić information content (AvgIpc) is 3.12. The van der Waals surface area contributed by atoms with E-state index in [1.54, 1.807) is 7.05 Å². The summed E-state index contributed by atoms with van der Waals surface area (Å²) in [5.41, 5.74) is 7.55. The zero-order valence-corrected chi connectivity index (χ0v) is 20.3. The number of hydrogen-bond acceptors (Lipinski definition) is 5. The smallest absolute Gasteiger partial charge is 0.220 e. The molecule has 0 unspecified atom stereocenters. The minimum atomic E-state index is -0.147. The molecular weight excluding hydrogens is 483 g/mol. The molecule has 1 fully saturated rings. The van der Waals surface area contributed by atoms with Crippen LogP contribution in [0.4, 0.5) is 0 Å². The molecule has 1 amide bonds. The van der Waals surface area contributed by atoms with Gasteiger partial charge in [0, 0.05) is 38.0 Å². The van der Waals surface area contributed by atoms with Gasteiger partial charge in [-0.25, -0.2) is 0 Å². The zero-order valence-electron chi connectivity index (χ0n) is 18.0. The quantitative estimate of drug-likeness (QED) is 0.189. The van der Waals surface area contributed by atoms with Crippen molar-refractivity contribution < 1.29 is 9.32 Å². The molecule has 0 aliphatic carbocycles. The molecule has 2 heterocycles. The fourth-order valence-corrected chi connectivity index (χ4v) is 3.64. The van der Waals surface area contributed by atoms with Crippen molar-refractivity contribution in [3.05, 3.63) is 17.0 Å². The number of primary amides is 1. The van der Waals surface area contributed by atoms with Crippen LogP contribution in [0.15, 0.2) is 9.52 Å². The van der Waals surface area contributed by atoms with E-state index in [2.05, 4.69) is 39.5 Å². The van der Waals surface area contributed by atoms with Crippen molar-refractivity contribution in [2.24, 2.45) is 16.6 Å². The Hall–Kier alpha value is -1.36. The summed E-state index contributed by atoms with van der Waals surface area (Å²) in [6, 6.07) is 0. The number of nitrogens with zero attached hydrogens (tertiary/aromatic N) is 3. The van der Waals surface area contributed by atoms with Crippen LogP contribution in [0.3, 0.4) is 0 Å². The summed E-state index contributed by atoms with van der Waals surface area (Å²) in [4.78, 5) is 17.9. The van der Waals surface area contributed by atoms with Crippen LogP contribution in [-0.4, -0.2) is 55.2 Å². The van der Waals surface area contributed by atoms with Crippen molar-refractivity contribution in [3.8, 4) is 0 Å². The van der Waals surface area contributed by atoms with Gasteiger partial charge >= 0.3 is 0 Å². The number of amides is 1. The summed E-state index contributed by atoms with van der Waals surface area (Å²) < 4.78 is 5.41. The molecule has 2 rings (SSSR count). The third-order valence-electron chi connectivity index (χ3n) is 5.45. The second kappa shape index (κ2) is 13.8. The standard InChI is InChI=1S/C20H36N6O2.HI/c1-4-17-16(18(5-2)28-25-17)14-24-20(22-3)23-10-6-7-11-26-12-8-15(9-13-26)19(21)27;/h15H,4-14H2,1-3H3,(H2,21,27)(H2,22,23,24);1H. The van der Waals surface area contributed by atoms with Gasteiger partial charge < -0.3 is 25.8 Å². The summed E-state index contributed by atoms with van der Waals surface area (Å²) in [6.45, 7) is 8.73. The van der Waals surface area contributed by atoms with E-state index in [0.717, 1.165) is 87.7 Å². The summed E-state index contributed by atoms with van der Waals surface area (Å²) in [6.07, 6.45) is 5.69. The minimum absolute atomic E-state index is 0. The molecule has 0 aromatic carbocycles. The van der Waals surface area contributed by atoms with Gasteiger partial charge in [-0.15, -0.1) is 24.0 Å². The van der Waals surface area contributed by atoms with Crippen LogP contribution < -0.4 is 16.4 Å². The topological polar surface area (TPSA) is 109 Å². The SMILES string of the molecule is CCc1noc(CC)c1CNC(=NC)NCCCCN1CCC(C(N)=O)CC1.I. The Kier molecular flexibility index (Phi) is 12.2. The van der Waals surface area contributed by atoms with Gasteiger partial charge in [0.1, 0.15) is 5.76 Å². The molecule has 1 saturated heterocycles. The van der Waals surface area contributed by atoms with E-state index in [4.69, 9.17) is 10.3 Å². The Balaban J connectivity index is 0.00000420. The van der Waals surface area contributed by atoms with Crippen LogP contribution in [0.5, 0.6) is 0 Å². The number of aryl methyl sites for hydroxylation is 2. The van der Waals surface area contributed by atoms with E-state index in [1.165, 1.54) is 0 Å². The Labute approximate surface area is 191 Å². The summed E-state index contributed by atoms with van der Waals surface area (Å²) in [5.74, 6) is 1.66. The molecule has 29 heavy (non-hydrogen) atoms. The number of unbranched alkanes of at least 4 members (excludes halogenated alkanes) is 1. The van der Waals surface area contributed by atoms with E-state index < -0.39 is 0 Å². The van der Waals surface area contributed by atoms with E-state index in [0.29, 0.717) is 6.54 Å². The first kappa shape index (κ1) is 25.7. The molecule has 0 radical (unpaired) electrons. The van der Waals surface area contributed by atoms with Gasteiger partial charge in [-0.3, -0.25) is 9.79 Å². The fourth-order valence-electron chi connectivity index (χ4n) is 3.64. The zero-order chi connectivity index (χ0) is 20.4. The van der Waals surface area contributed by atoms with E-state index in [1.807, 2.05) is 0 Å². The van der Waals surface area contributed by atoms with Crippen LogP contribution in [0, 0.1) is 5.92 Å². The first-order chi connectivity index (χ1) is 13.6. The molecular formula is C20H37IN6O2. The maximum absolute atomic E-state index is 11.2. The number of piperidine rings is 1. The highest BCUT2D eigenvalue weighted by atomic mass is 127. The second-order valence-electron chi connectivity index (χ2n) is 7.32. The normalized spacial score (nSPS) is 15.8. The highest BCUT2D eigenvalue weighted by Crippen LogP contribution is 2.17. The summed E-state index contributed by atoms with van der Waals surface area (Å²) >= 11 is 0. The Morgan fingerprint density at radius 3 is 2.55 bits per heavy atom. The molecule has 1 aliphatic heterocycles. The molecule has 1 aromatic heterocycles. The van der Waals surface area contributed by atoms with Gasteiger partial charge in [0.25, 0.3) is 0 Å². The van der Waals surface area contributed by atoms with Crippen molar-refractivity contribution in [1.82, 2.24) is 20.7 Å². The number of hydrogen-bond donors (Lipinski definition) is 3. The molecule has 0 bridgehead atoms. The number of nitrogens with one attached hydrogen (secondary N) is 2. The van der Waals surface area contributed by atoms with Gasteiger partial charge in [-0.05, 0) is 51.7 Å². The van der Waals surface area contributed by atoms with Crippen molar-refractivity contribution in [3.63, 3.8) is 0 Å². The van der Waals surface area contributed by atoms with Crippen molar-refractivity contribution in [1.29, 1.82) is 0 Å². The highest BCUT2D eigenvalue weighted by molar-refractivity contribution is 14.0. The fraction of sp³-hybridized carbons (Fsp3) is 0.750. The lowest BCUT2D eigenvalue weighted by molar-refractivity contribution is -0.123. The molecule has 9 heteroatoms. The first-order valence-corrected chi connectivity index (χ1v) is 10.5. The predicted octanol–water partition coefficient (Wildman–Crippen LogP) is 2.06. The first-order valence-electron chi connectivity index (χ1n) is 10.5. The molecule has 4 N–H and O–H groups in total. The number of aliphatic imine (C=N–C) groups is 1. The molecule has 8 nitrogen and oxygen atoms in total. The monoisotopic (exact) mass is 520 g/mol. The second-order valence-corrected chi connectivity index (χ2v) is 7.32. The van der Waals surface area contributed by atoms with Gasteiger partial charge in [0.15, 0.2) is 5.96 Å². The number of rotatable bonds is 10. The lowest BCUT2D eigenvalue weighted by Gasteiger charge is -2.30. The Morgan fingerprint density at radius 2 is 1.97 bits per heavy atom. The van der Waals surface area contributed by atoms with Crippen LogP contribution in [0.25, 0.3) is 0 Å². The maximum Gasteiger partial charge on any atom is 0.220 e. The number of carbonyl (C=O) groups is 1. The van der Waals surface area contributed by atoms with Crippen molar-refractivity contribution in [2.75, 3.05) is 33.2 Å². The van der Waals surface area contributed by atoms with Gasteiger partial charge in [-0.2, -0.15) is 0 Å². The van der Waals surface area contributed by atoms with E-state index >= 15 is 0 Å². The van der Waals surface area contributed by atoms with Gasteiger partial charge in [-0.1, -0.05) is 19.0 Å². The highest BCUT2D eigenvalue weighted by Gasteiger charge is 2.22. The number of nitrogens with two attached hydrogens (primary N) is 1. The van der Waals surface area contributed by atoms with Crippen molar-refractivity contribution >= 4 is 35.8 Å². The van der Waals surface area contributed by atoms with E-state index in [9.17, 15) is 4.79 Å². The van der Waals surface area contributed by atoms with E-state index in [-0.39, 0.29) is 35.8 Å². The van der Waals surface area contributed by atoms with Crippen LogP contribution in [0.1, 0.15) is 56.5 Å². The van der Waals surface area contributed by atoms with Gasteiger partial charge in [0.05, 0.1) is 5.69 Å². The molecule has 1 aromatic rings. The third-order valence-corrected chi connectivity index (χ3v) is 5.45. The van der Waals surface area contributed by atoms with Crippen LogP contribution in [-0.2, 0) is 24.2 Å². The summed E-state index contributed by atoms with van der Waals surface area (Å²) in [7, 11) is 1.79. The third kappa shape index (κ3) is 8.12. The average molecular weight is 520 g/mol. The molecule has 1 aliphatic rings. The lowest BCUT2D eigenvalue weighted by Crippen LogP contribution is -2.39. The maximum atomic E-state index is 11.2. The van der Waals surface area contributed by atoms with Crippen LogP contribution in [0.2, 0.25) is 0 Å². The van der Waals surface area contributed by atoms with Gasteiger partial charge in [0.2, 0.25) is 5.91 Å². The number of guanidine groups is 1. The predicted molar refractivity (Wildman–Crippen MR) is 126 cm³/mol. The number of aromatic nitrogens is 1.